The minimum Gasteiger partial charge on any atom is -0.453 e. The topological polar surface area (TPSA) is 89.5 Å². The average molecular weight is 410 g/mol. The third-order valence-corrected chi connectivity index (χ3v) is 5.73. The number of amides is 1. The molecule has 0 radical (unpaired) electrons. The number of rotatable bonds is 7. The predicted octanol–water partition coefficient (Wildman–Crippen LogP) is 3.38. The van der Waals surface area contributed by atoms with Crippen LogP contribution in [-0.4, -0.2) is 32.2 Å². The second-order valence-corrected chi connectivity index (χ2v) is 8.56. The summed E-state index contributed by atoms with van der Waals surface area (Å²) in [6.07, 6.45) is -1.40. The Labute approximate surface area is 163 Å². The van der Waals surface area contributed by atoms with Crippen LogP contribution in [0.3, 0.4) is 0 Å². The number of anilines is 1. The Morgan fingerprint density at radius 2 is 1.67 bits per heavy atom. The maximum Gasteiger partial charge on any atom is 0.307 e. The highest BCUT2D eigenvalue weighted by atomic mass is 35.5. The number of nitrogens with one attached hydrogen (secondary N) is 1. The molecule has 0 spiro atoms. The van der Waals surface area contributed by atoms with Crippen LogP contribution in [0.4, 0.5) is 5.69 Å². The van der Waals surface area contributed by atoms with Crippen LogP contribution in [0.1, 0.15) is 18.9 Å². The summed E-state index contributed by atoms with van der Waals surface area (Å²) in [6, 6.07) is 12.8. The monoisotopic (exact) mass is 409 g/mol. The summed E-state index contributed by atoms with van der Waals surface area (Å²) in [6.45, 7) is 3.27. The van der Waals surface area contributed by atoms with Crippen molar-refractivity contribution in [3.8, 4) is 0 Å². The van der Waals surface area contributed by atoms with Gasteiger partial charge < -0.3 is 10.1 Å². The molecule has 0 heterocycles. The van der Waals surface area contributed by atoms with Crippen molar-refractivity contribution in [1.82, 2.24) is 0 Å². The lowest BCUT2D eigenvalue weighted by Gasteiger charge is -2.13. The fraction of sp³-hybridized carbons (Fsp3) is 0.263. The molecule has 0 aliphatic heterocycles. The number of carbonyl (C=O) groups excluding carboxylic acids is 2. The highest BCUT2D eigenvalue weighted by Crippen LogP contribution is 2.15. The molecule has 0 unspecified atom stereocenters. The van der Waals surface area contributed by atoms with Gasteiger partial charge in [-0.15, -0.1) is 0 Å². The van der Waals surface area contributed by atoms with Crippen LogP contribution in [-0.2, 0) is 24.2 Å². The molecule has 8 heteroatoms. The Morgan fingerprint density at radius 3 is 2.26 bits per heavy atom. The summed E-state index contributed by atoms with van der Waals surface area (Å²) < 4.78 is 29.5. The number of sulfone groups is 1. The number of carbonyl (C=O) groups is 2. The molecule has 6 nitrogen and oxygen atoms in total. The van der Waals surface area contributed by atoms with Gasteiger partial charge in [0.15, 0.2) is 15.9 Å². The van der Waals surface area contributed by atoms with E-state index in [0.717, 1.165) is 5.56 Å². The van der Waals surface area contributed by atoms with Gasteiger partial charge in [0.2, 0.25) is 0 Å². The Hall–Kier alpha value is -2.38. The van der Waals surface area contributed by atoms with Crippen LogP contribution >= 0.6 is 11.6 Å². The minimum absolute atomic E-state index is 0.148. The van der Waals surface area contributed by atoms with E-state index in [4.69, 9.17) is 16.3 Å². The van der Waals surface area contributed by atoms with Crippen LogP contribution in [0, 0.1) is 6.92 Å². The van der Waals surface area contributed by atoms with Crippen molar-refractivity contribution < 1.29 is 22.7 Å². The maximum atomic E-state index is 12.2. The van der Waals surface area contributed by atoms with Crippen molar-refractivity contribution in [1.29, 1.82) is 0 Å². The van der Waals surface area contributed by atoms with Gasteiger partial charge in [0.05, 0.1) is 17.1 Å². The second-order valence-electron chi connectivity index (χ2n) is 6.01. The average Bonchev–Trinajstić information content (AvgIpc) is 2.62. The third-order valence-electron chi connectivity index (χ3n) is 3.74. The highest BCUT2D eigenvalue weighted by molar-refractivity contribution is 7.91. The highest BCUT2D eigenvalue weighted by Gasteiger charge is 2.21. The number of benzene rings is 2. The van der Waals surface area contributed by atoms with E-state index in [2.05, 4.69) is 5.32 Å². The molecular weight excluding hydrogens is 390 g/mol. The first kappa shape index (κ1) is 20.9. The van der Waals surface area contributed by atoms with Gasteiger partial charge in [0.1, 0.15) is 0 Å². The van der Waals surface area contributed by atoms with E-state index >= 15 is 0 Å². The van der Waals surface area contributed by atoms with Gasteiger partial charge in [-0.1, -0.05) is 29.3 Å². The zero-order valence-electron chi connectivity index (χ0n) is 14.9. The molecule has 0 aromatic heterocycles. The summed E-state index contributed by atoms with van der Waals surface area (Å²) in [5.41, 5.74) is 1.45. The zero-order chi connectivity index (χ0) is 20.0. The Morgan fingerprint density at radius 1 is 1.07 bits per heavy atom. The molecule has 0 fully saturated rings. The molecule has 0 saturated carbocycles. The van der Waals surface area contributed by atoms with Gasteiger partial charge in [0.25, 0.3) is 5.91 Å². The van der Waals surface area contributed by atoms with Gasteiger partial charge in [-0.2, -0.15) is 0 Å². The van der Waals surface area contributed by atoms with Crippen LogP contribution in [0.25, 0.3) is 0 Å². The van der Waals surface area contributed by atoms with Crippen molar-refractivity contribution in [2.75, 3.05) is 11.1 Å². The molecule has 27 heavy (non-hydrogen) atoms. The Kier molecular flexibility index (Phi) is 6.98. The van der Waals surface area contributed by atoms with Crippen molar-refractivity contribution in [2.24, 2.45) is 0 Å². The lowest BCUT2D eigenvalue weighted by Crippen LogP contribution is -2.30. The number of hydrogen-bond acceptors (Lipinski definition) is 5. The molecule has 0 bridgehead atoms. The number of hydrogen-bond donors (Lipinski definition) is 1. The zero-order valence-corrected chi connectivity index (χ0v) is 16.5. The number of halogens is 1. The quantitative estimate of drug-likeness (QED) is 0.708. The van der Waals surface area contributed by atoms with E-state index in [9.17, 15) is 18.0 Å². The largest absolute Gasteiger partial charge is 0.453 e. The fourth-order valence-electron chi connectivity index (χ4n) is 2.17. The van der Waals surface area contributed by atoms with Crippen molar-refractivity contribution in [2.45, 2.75) is 31.3 Å². The third kappa shape index (κ3) is 6.37. The normalized spacial score (nSPS) is 12.3. The molecule has 2 rings (SSSR count). The first-order chi connectivity index (χ1) is 12.7. The molecule has 1 atom stereocenters. The van der Waals surface area contributed by atoms with Gasteiger partial charge in [0, 0.05) is 10.7 Å². The summed E-state index contributed by atoms with van der Waals surface area (Å²) >= 11 is 5.77. The van der Waals surface area contributed by atoms with Gasteiger partial charge in [-0.25, -0.2) is 8.42 Å². The summed E-state index contributed by atoms with van der Waals surface area (Å²) in [7, 11) is -3.59. The van der Waals surface area contributed by atoms with E-state index in [1.54, 1.807) is 36.4 Å². The Balaban J connectivity index is 1.86. The van der Waals surface area contributed by atoms with Crippen LogP contribution in [0.5, 0.6) is 0 Å². The van der Waals surface area contributed by atoms with E-state index in [-0.39, 0.29) is 17.1 Å². The van der Waals surface area contributed by atoms with E-state index < -0.39 is 27.8 Å². The number of esters is 1. The Bertz CT molecular complexity index is 908. The molecule has 0 saturated heterocycles. The van der Waals surface area contributed by atoms with Crippen LogP contribution < -0.4 is 5.32 Å². The molecular formula is C19H20ClNO5S. The van der Waals surface area contributed by atoms with E-state index in [0.29, 0.717) is 10.7 Å². The van der Waals surface area contributed by atoms with Gasteiger partial charge in [-0.3, -0.25) is 9.59 Å². The van der Waals surface area contributed by atoms with Crippen molar-refractivity contribution >= 4 is 39.0 Å². The molecule has 144 valence electrons. The standard InChI is InChI=1S/C19H20ClNO5S/c1-13-3-9-17(10-4-13)27(24,25)12-11-18(22)26-14(2)19(23)21-16-7-5-15(20)6-8-16/h3-10,14H,11-12H2,1-2H3,(H,21,23)/t14-/m1/s1. The SMILES string of the molecule is Cc1ccc(S(=O)(=O)CCC(=O)O[C@H](C)C(=O)Nc2ccc(Cl)cc2)cc1. The second kappa shape index (κ2) is 9.01. The molecule has 0 aliphatic rings. The van der Waals surface area contributed by atoms with Gasteiger partial charge in [-0.05, 0) is 50.2 Å². The lowest BCUT2D eigenvalue weighted by molar-refractivity contribution is -0.152. The van der Waals surface area contributed by atoms with Crippen LogP contribution in [0.15, 0.2) is 53.4 Å². The first-order valence-corrected chi connectivity index (χ1v) is 10.3. The molecule has 2 aromatic carbocycles. The van der Waals surface area contributed by atoms with Crippen molar-refractivity contribution in [3.05, 3.63) is 59.1 Å². The molecule has 2 aromatic rings. The smallest absolute Gasteiger partial charge is 0.307 e. The summed E-state index contributed by atoms with van der Waals surface area (Å²) in [4.78, 5) is 24.1. The fourth-order valence-corrected chi connectivity index (χ4v) is 3.52. The number of aryl methyl sites for hydroxylation is 1. The van der Waals surface area contributed by atoms with E-state index in [1.807, 2.05) is 6.92 Å². The minimum atomic E-state index is -3.59. The maximum absolute atomic E-state index is 12.2. The first-order valence-electron chi connectivity index (χ1n) is 8.23. The summed E-state index contributed by atoms with van der Waals surface area (Å²) in [5.74, 6) is -1.67. The molecule has 1 amide bonds. The van der Waals surface area contributed by atoms with Gasteiger partial charge >= 0.3 is 5.97 Å². The van der Waals surface area contributed by atoms with E-state index in [1.165, 1.54) is 19.1 Å². The summed E-state index contributed by atoms with van der Waals surface area (Å²) in [5, 5.41) is 3.11. The van der Waals surface area contributed by atoms with Crippen molar-refractivity contribution in [3.63, 3.8) is 0 Å². The lowest BCUT2D eigenvalue weighted by atomic mass is 10.2. The molecule has 0 aliphatic carbocycles. The van der Waals surface area contributed by atoms with Crippen LogP contribution in [0.2, 0.25) is 5.02 Å². The molecule has 1 N–H and O–H groups in total. The predicted molar refractivity (Wildman–Crippen MR) is 103 cm³/mol. The number of ether oxygens (including phenoxy) is 1.